The van der Waals surface area contributed by atoms with Crippen LogP contribution in [0.3, 0.4) is 0 Å². The molecule has 0 rings (SSSR count). The molecule has 0 aliphatic carbocycles. The normalized spacial score (nSPS) is 12.4. The molecule has 0 spiro atoms. The molecule has 100 valence electrons. The quantitative estimate of drug-likeness (QED) is 0.423. The lowest BCUT2D eigenvalue weighted by Crippen LogP contribution is -2.24. The van der Waals surface area contributed by atoms with Crippen molar-refractivity contribution in [3.05, 3.63) is 0 Å². The monoisotopic (exact) mass is 274 g/mol. The molecule has 0 fully saturated rings. The molecule has 0 bridgehead atoms. The largest absolute Gasteiger partial charge is 0.393 e. The average Bonchev–Trinajstić information content (AvgIpc) is 2.09. The highest BCUT2D eigenvalue weighted by atomic mass is 28.3. The van der Waals surface area contributed by atoms with Crippen LogP contribution >= 0.6 is 0 Å². The van der Waals surface area contributed by atoms with E-state index in [0.717, 1.165) is 12.1 Å². The molecule has 0 aromatic heterocycles. The van der Waals surface area contributed by atoms with Crippen LogP contribution in [0.1, 0.15) is 12.8 Å². The van der Waals surface area contributed by atoms with Gasteiger partial charge in [0.25, 0.3) is 0 Å². The minimum Gasteiger partial charge on any atom is -0.393 e. The molecule has 0 unspecified atom stereocenters. The van der Waals surface area contributed by atoms with Crippen LogP contribution in [0.25, 0.3) is 0 Å². The van der Waals surface area contributed by atoms with Crippen LogP contribution in [-0.2, 0) is 14.3 Å². The van der Waals surface area contributed by atoms with Gasteiger partial charge < -0.3 is 4.74 Å². The van der Waals surface area contributed by atoms with Crippen LogP contribution in [0.15, 0.2) is 0 Å². The standard InChI is InChI=1S/C12H26O3Si2/c1-16(2,3)9-7-11(13)15-12(14)8-10-17(4,5)6/h7-10H2,1-6H3. The zero-order valence-electron chi connectivity index (χ0n) is 12.1. The fraction of sp³-hybridized carbons (Fsp3) is 0.833. The first-order valence-electron chi connectivity index (χ1n) is 6.23. The Kier molecular flexibility index (Phi) is 6.33. The number of hydrogen-bond acceptors (Lipinski definition) is 3. The Labute approximate surface area is 107 Å². The first-order valence-corrected chi connectivity index (χ1v) is 13.6. The topological polar surface area (TPSA) is 43.4 Å². The van der Waals surface area contributed by atoms with E-state index in [0.29, 0.717) is 12.8 Å². The van der Waals surface area contributed by atoms with E-state index >= 15 is 0 Å². The molecular weight excluding hydrogens is 248 g/mol. The molecule has 0 saturated carbocycles. The van der Waals surface area contributed by atoms with E-state index in [-0.39, 0.29) is 11.9 Å². The smallest absolute Gasteiger partial charge is 0.313 e. The number of hydrogen-bond donors (Lipinski definition) is 0. The van der Waals surface area contributed by atoms with Gasteiger partial charge in [-0.1, -0.05) is 39.3 Å². The maximum atomic E-state index is 11.4. The Morgan fingerprint density at radius 2 is 1.06 bits per heavy atom. The highest BCUT2D eigenvalue weighted by Gasteiger charge is 2.19. The molecule has 0 N–H and O–H groups in total. The fourth-order valence-electron chi connectivity index (χ4n) is 1.18. The molecular formula is C12H26O3Si2. The molecule has 0 atom stereocenters. The molecule has 5 heteroatoms. The number of carbonyl (C=O) groups is 2. The van der Waals surface area contributed by atoms with Gasteiger partial charge in [0.05, 0.1) is 0 Å². The summed E-state index contributed by atoms with van der Waals surface area (Å²) < 4.78 is 4.81. The van der Waals surface area contributed by atoms with Crippen molar-refractivity contribution < 1.29 is 14.3 Å². The summed E-state index contributed by atoms with van der Waals surface area (Å²) in [6.07, 6.45) is 0.767. The third-order valence-electron chi connectivity index (χ3n) is 2.39. The van der Waals surface area contributed by atoms with E-state index in [1.165, 1.54) is 0 Å². The predicted molar refractivity (Wildman–Crippen MR) is 76.6 cm³/mol. The van der Waals surface area contributed by atoms with Crippen LogP contribution in [0.4, 0.5) is 0 Å². The van der Waals surface area contributed by atoms with Crippen molar-refractivity contribution >= 4 is 28.1 Å². The SMILES string of the molecule is C[Si](C)(C)CCC(=O)OC(=O)CC[Si](C)(C)C. The molecule has 17 heavy (non-hydrogen) atoms. The maximum absolute atomic E-state index is 11.4. The highest BCUT2D eigenvalue weighted by Crippen LogP contribution is 2.14. The minimum atomic E-state index is -1.22. The Balaban J connectivity index is 3.86. The van der Waals surface area contributed by atoms with Crippen LogP contribution in [0.5, 0.6) is 0 Å². The average molecular weight is 275 g/mol. The van der Waals surface area contributed by atoms with Crippen LogP contribution < -0.4 is 0 Å². The Morgan fingerprint density at radius 3 is 1.29 bits per heavy atom. The molecule has 0 aliphatic rings. The fourth-order valence-corrected chi connectivity index (χ4v) is 3.09. The van der Waals surface area contributed by atoms with Crippen LogP contribution in [-0.4, -0.2) is 28.1 Å². The third kappa shape index (κ3) is 11.8. The first kappa shape index (κ1) is 16.6. The minimum absolute atomic E-state index is 0.354. The predicted octanol–water partition coefficient (Wildman–Crippen LogP) is 3.51. The van der Waals surface area contributed by atoms with Gasteiger partial charge in [0.15, 0.2) is 0 Å². The van der Waals surface area contributed by atoms with E-state index in [9.17, 15) is 9.59 Å². The van der Waals surface area contributed by atoms with Gasteiger partial charge in [-0.15, -0.1) is 0 Å². The molecule has 0 amide bonds. The zero-order valence-corrected chi connectivity index (χ0v) is 14.1. The van der Waals surface area contributed by atoms with E-state index in [2.05, 4.69) is 39.3 Å². The van der Waals surface area contributed by atoms with Crippen LogP contribution in [0, 0.1) is 0 Å². The van der Waals surface area contributed by atoms with E-state index in [1.807, 2.05) is 0 Å². The summed E-state index contributed by atoms with van der Waals surface area (Å²) in [6, 6.07) is 1.76. The van der Waals surface area contributed by atoms with Gasteiger partial charge in [-0.2, -0.15) is 0 Å². The Hall–Kier alpha value is -0.426. The van der Waals surface area contributed by atoms with Gasteiger partial charge in [-0.3, -0.25) is 9.59 Å². The van der Waals surface area contributed by atoms with Gasteiger partial charge in [0.1, 0.15) is 0 Å². The summed E-state index contributed by atoms with van der Waals surface area (Å²) in [4.78, 5) is 22.8. The molecule has 0 heterocycles. The second kappa shape index (κ2) is 6.49. The van der Waals surface area contributed by atoms with Crippen molar-refractivity contribution in [1.29, 1.82) is 0 Å². The second-order valence-corrected chi connectivity index (χ2v) is 18.2. The Bertz CT molecular complexity index is 246. The van der Waals surface area contributed by atoms with Crippen LogP contribution in [0.2, 0.25) is 51.4 Å². The van der Waals surface area contributed by atoms with Gasteiger partial charge in [0.2, 0.25) is 0 Å². The van der Waals surface area contributed by atoms with Gasteiger partial charge >= 0.3 is 11.9 Å². The van der Waals surface area contributed by atoms with Crippen molar-refractivity contribution in [3.8, 4) is 0 Å². The number of carbonyl (C=O) groups excluding carboxylic acids is 2. The molecule has 0 radical (unpaired) electrons. The molecule has 0 saturated heterocycles. The molecule has 0 aromatic carbocycles. The lowest BCUT2D eigenvalue weighted by atomic mass is 10.4. The molecule has 0 aromatic rings. The number of esters is 2. The van der Waals surface area contributed by atoms with Crippen molar-refractivity contribution in [2.45, 2.75) is 64.2 Å². The maximum Gasteiger partial charge on any atom is 0.313 e. The molecule has 0 aliphatic heterocycles. The van der Waals surface area contributed by atoms with Crippen molar-refractivity contribution in [1.82, 2.24) is 0 Å². The van der Waals surface area contributed by atoms with E-state index in [1.54, 1.807) is 0 Å². The second-order valence-electron chi connectivity index (χ2n) is 6.97. The Morgan fingerprint density at radius 1 is 0.765 bits per heavy atom. The summed E-state index contributed by atoms with van der Waals surface area (Å²) in [5.74, 6) is -0.707. The number of ether oxygens (including phenoxy) is 1. The summed E-state index contributed by atoms with van der Waals surface area (Å²) >= 11 is 0. The lowest BCUT2D eigenvalue weighted by Gasteiger charge is -2.15. The zero-order chi connectivity index (χ0) is 13.7. The lowest BCUT2D eigenvalue weighted by molar-refractivity contribution is -0.159. The summed E-state index contributed by atoms with van der Waals surface area (Å²) in [5.41, 5.74) is 0. The van der Waals surface area contributed by atoms with Gasteiger partial charge in [-0.25, -0.2) is 0 Å². The van der Waals surface area contributed by atoms with Gasteiger partial charge in [0, 0.05) is 29.0 Å². The van der Waals surface area contributed by atoms with E-state index < -0.39 is 16.1 Å². The highest BCUT2D eigenvalue weighted by molar-refractivity contribution is 6.76. The van der Waals surface area contributed by atoms with Crippen molar-refractivity contribution in [2.75, 3.05) is 0 Å². The van der Waals surface area contributed by atoms with E-state index in [4.69, 9.17) is 4.74 Å². The summed E-state index contributed by atoms with van der Waals surface area (Å²) in [6.45, 7) is 13.2. The molecule has 3 nitrogen and oxygen atoms in total. The third-order valence-corrected chi connectivity index (χ3v) is 5.89. The van der Waals surface area contributed by atoms with Gasteiger partial charge in [-0.05, 0) is 12.1 Å². The first-order chi connectivity index (χ1) is 7.49. The number of rotatable bonds is 6. The summed E-state index contributed by atoms with van der Waals surface area (Å²) in [7, 11) is -2.45. The van der Waals surface area contributed by atoms with Crippen molar-refractivity contribution in [3.63, 3.8) is 0 Å². The summed E-state index contributed by atoms with van der Waals surface area (Å²) in [5, 5.41) is 0. The van der Waals surface area contributed by atoms with Crippen molar-refractivity contribution in [2.24, 2.45) is 0 Å².